The van der Waals surface area contributed by atoms with Crippen molar-refractivity contribution in [1.82, 2.24) is 30.3 Å². The Morgan fingerprint density at radius 3 is 2.41 bits per heavy atom. The third-order valence-electron chi connectivity index (χ3n) is 6.25. The number of pyridine rings is 1. The van der Waals surface area contributed by atoms with E-state index in [1.165, 1.54) is 6.07 Å². The molecule has 3 aromatic heterocycles. The molecule has 1 aliphatic heterocycles. The first kappa shape index (κ1) is 22.3. The lowest BCUT2D eigenvalue weighted by Gasteiger charge is -2.33. The van der Waals surface area contributed by atoms with Crippen LogP contribution in [0.1, 0.15) is 24.1 Å². The first-order chi connectivity index (χ1) is 16.4. The van der Waals surface area contributed by atoms with Crippen LogP contribution in [0.15, 0.2) is 54.9 Å². The lowest BCUT2D eigenvalue weighted by Crippen LogP contribution is -2.42. The molecule has 0 radical (unpaired) electrons. The number of aromatic nitrogens is 5. The molecule has 34 heavy (non-hydrogen) atoms. The molecule has 1 fully saturated rings. The van der Waals surface area contributed by atoms with Crippen LogP contribution in [0.4, 0.5) is 19.0 Å². The van der Waals surface area contributed by atoms with Gasteiger partial charge in [-0.2, -0.15) is 18.3 Å². The number of piperidine rings is 1. The molecule has 4 aromatic rings. The molecule has 1 N–H and O–H groups in total. The van der Waals surface area contributed by atoms with Gasteiger partial charge in [0.05, 0.1) is 17.0 Å². The minimum atomic E-state index is -4.37. The van der Waals surface area contributed by atoms with E-state index < -0.39 is 11.7 Å². The largest absolute Gasteiger partial charge is 0.417 e. The van der Waals surface area contributed by atoms with Gasteiger partial charge >= 0.3 is 6.18 Å². The third-order valence-corrected chi connectivity index (χ3v) is 6.25. The normalized spacial score (nSPS) is 15.2. The Morgan fingerprint density at radius 1 is 1.00 bits per heavy atom. The molecule has 0 aliphatic carbocycles. The van der Waals surface area contributed by atoms with Crippen LogP contribution >= 0.6 is 0 Å². The van der Waals surface area contributed by atoms with Crippen molar-refractivity contribution in [2.75, 3.05) is 18.0 Å². The number of rotatable bonds is 5. The van der Waals surface area contributed by atoms with E-state index in [1.54, 1.807) is 10.9 Å². The van der Waals surface area contributed by atoms with Crippen LogP contribution in [0.25, 0.3) is 22.2 Å². The second-order valence-corrected chi connectivity index (χ2v) is 8.44. The molecular formula is C24H24F3N7. The Labute approximate surface area is 194 Å². The van der Waals surface area contributed by atoms with Gasteiger partial charge < -0.3 is 10.2 Å². The maximum Gasteiger partial charge on any atom is 0.417 e. The van der Waals surface area contributed by atoms with Crippen molar-refractivity contribution in [3.8, 4) is 11.4 Å². The molecule has 0 saturated carbocycles. The van der Waals surface area contributed by atoms with E-state index in [0.29, 0.717) is 12.2 Å². The summed E-state index contributed by atoms with van der Waals surface area (Å²) in [6.07, 6.45) is 0.0469. The Kier molecular flexibility index (Phi) is 5.91. The van der Waals surface area contributed by atoms with Crippen LogP contribution in [0.3, 0.4) is 0 Å². The molecule has 0 unspecified atom stereocenters. The fourth-order valence-corrected chi connectivity index (χ4v) is 4.36. The summed E-state index contributed by atoms with van der Waals surface area (Å²) in [5.41, 5.74) is 1.58. The van der Waals surface area contributed by atoms with Crippen molar-refractivity contribution in [2.24, 2.45) is 7.05 Å². The molecule has 0 atom stereocenters. The Bertz CT molecular complexity index is 1280. The average molecular weight is 467 g/mol. The zero-order valence-electron chi connectivity index (χ0n) is 18.6. The fourth-order valence-electron chi connectivity index (χ4n) is 4.36. The maximum absolute atomic E-state index is 12.7. The van der Waals surface area contributed by atoms with Gasteiger partial charge in [-0.25, -0.2) is 0 Å². The molecule has 0 bridgehead atoms. The number of alkyl halides is 3. The van der Waals surface area contributed by atoms with E-state index in [-0.39, 0.29) is 6.04 Å². The van der Waals surface area contributed by atoms with Crippen LogP contribution < -0.4 is 10.2 Å². The molecule has 10 heteroatoms. The maximum atomic E-state index is 12.7. The van der Waals surface area contributed by atoms with E-state index in [0.717, 1.165) is 66.2 Å². The second-order valence-electron chi connectivity index (χ2n) is 8.44. The number of hydrogen-bond donors (Lipinski definition) is 1. The highest BCUT2D eigenvalue weighted by Crippen LogP contribution is 2.32. The number of nitrogens with one attached hydrogen (secondary N) is 1. The summed E-state index contributed by atoms with van der Waals surface area (Å²) in [5, 5.41) is 18.9. The average Bonchev–Trinajstić information content (AvgIpc) is 3.27. The first-order valence-corrected chi connectivity index (χ1v) is 11.1. The van der Waals surface area contributed by atoms with Gasteiger partial charge in [0, 0.05) is 55.9 Å². The van der Waals surface area contributed by atoms with Crippen LogP contribution in [0.5, 0.6) is 0 Å². The molecular weight excluding hydrogens is 443 g/mol. The van der Waals surface area contributed by atoms with Crippen molar-refractivity contribution in [3.63, 3.8) is 0 Å². The lowest BCUT2D eigenvalue weighted by atomic mass is 10.0. The summed E-state index contributed by atoms with van der Waals surface area (Å²) in [6, 6.07) is 12.8. The molecule has 1 aromatic carbocycles. The van der Waals surface area contributed by atoms with Gasteiger partial charge in [-0.15, -0.1) is 10.2 Å². The molecule has 1 saturated heterocycles. The predicted molar refractivity (Wildman–Crippen MR) is 123 cm³/mol. The van der Waals surface area contributed by atoms with Crippen LogP contribution in [-0.2, 0) is 19.8 Å². The highest BCUT2D eigenvalue weighted by molar-refractivity contribution is 5.99. The molecule has 4 heterocycles. The van der Waals surface area contributed by atoms with Gasteiger partial charge in [-0.3, -0.25) is 9.67 Å². The lowest BCUT2D eigenvalue weighted by molar-refractivity contribution is -0.137. The SMILES string of the molecule is Cn1nccc1-c1nnc(N2CCC(NCc3ccc(C(F)(F)F)cn3)CC2)c2ccccc12. The van der Waals surface area contributed by atoms with Gasteiger partial charge in [-0.05, 0) is 31.0 Å². The van der Waals surface area contributed by atoms with Gasteiger partial charge in [-0.1, -0.05) is 24.3 Å². The second kappa shape index (κ2) is 9.02. The van der Waals surface area contributed by atoms with E-state index in [1.807, 2.05) is 25.2 Å². The van der Waals surface area contributed by atoms with Gasteiger partial charge in [0.15, 0.2) is 5.82 Å². The van der Waals surface area contributed by atoms with E-state index in [2.05, 4.69) is 42.6 Å². The quantitative estimate of drug-likeness (QED) is 0.474. The number of nitrogens with zero attached hydrogens (tertiary/aromatic N) is 6. The summed E-state index contributed by atoms with van der Waals surface area (Å²) < 4.78 is 39.9. The van der Waals surface area contributed by atoms with Crippen molar-refractivity contribution >= 4 is 16.6 Å². The van der Waals surface area contributed by atoms with E-state index in [9.17, 15) is 13.2 Å². The fraction of sp³-hybridized carbons (Fsp3) is 0.333. The summed E-state index contributed by atoms with van der Waals surface area (Å²) in [6.45, 7) is 2.05. The third kappa shape index (κ3) is 4.45. The Hall–Kier alpha value is -3.53. The number of aryl methyl sites for hydroxylation is 1. The molecule has 176 valence electrons. The molecule has 5 rings (SSSR count). The predicted octanol–water partition coefficient (Wildman–Crippen LogP) is 4.20. The standard InChI is InChI=1S/C24H24F3N7/c1-33-21(8-11-30-33)22-19-4-2-3-5-20(19)23(32-31-22)34-12-9-17(10-13-34)29-15-18-7-6-16(14-28-18)24(25,26)27/h2-8,11,14,17,29H,9-10,12-13,15H2,1H3. The summed E-state index contributed by atoms with van der Waals surface area (Å²) >= 11 is 0. The van der Waals surface area contributed by atoms with Crippen molar-refractivity contribution in [1.29, 1.82) is 0 Å². The molecule has 0 amide bonds. The van der Waals surface area contributed by atoms with Crippen molar-refractivity contribution < 1.29 is 13.2 Å². The van der Waals surface area contributed by atoms with Crippen molar-refractivity contribution in [3.05, 3.63) is 66.1 Å². The van der Waals surface area contributed by atoms with Gasteiger partial charge in [0.2, 0.25) is 0 Å². The number of benzene rings is 1. The first-order valence-electron chi connectivity index (χ1n) is 11.1. The summed E-state index contributed by atoms with van der Waals surface area (Å²) in [7, 11) is 1.89. The number of hydrogen-bond acceptors (Lipinski definition) is 6. The van der Waals surface area contributed by atoms with E-state index >= 15 is 0 Å². The minimum absolute atomic E-state index is 0.258. The molecule has 0 spiro atoms. The Morgan fingerprint density at radius 2 is 1.76 bits per heavy atom. The van der Waals surface area contributed by atoms with Crippen LogP contribution in [-0.4, -0.2) is 44.1 Å². The highest BCUT2D eigenvalue weighted by Gasteiger charge is 2.30. The number of fused-ring (bicyclic) bond motifs is 1. The smallest absolute Gasteiger partial charge is 0.354 e. The van der Waals surface area contributed by atoms with E-state index in [4.69, 9.17) is 0 Å². The minimum Gasteiger partial charge on any atom is -0.354 e. The number of halogens is 3. The van der Waals surface area contributed by atoms with Gasteiger partial charge in [0.1, 0.15) is 5.69 Å². The topological polar surface area (TPSA) is 71.8 Å². The zero-order valence-corrected chi connectivity index (χ0v) is 18.6. The highest BCUT2D eigenvalue weighted by atomic mass is 19.4. The number of anilines is 1. The van der Waals surface area contributed by atoms with Crippen molar-refractivity contribution in [2.45, 2.75) is 31.6 Å². The zero-order chi connectivity index (χ0) is 23.7. The summed E-state index contributed by atoms with van der Waals surface area (Å²) in [5.74, 6) is 0.865. The van der Waals surface area contributed by atoms with Crippen LogP contribution in [0, 0.1) is 0 Å². The molecule has 1 aliphatic rings. The van der Waals surface area contributed by atoms with Crippen LogP contribution in [0.2, 0.25) is 0 Å². The van der Waals surface area contributed by atoms with Gasteiger partial charge in [0.25, 0.3) is 0 Å². The Balaban J connectivity index is 1.25. The monoisotopic (exact) mass is 467 g/mol. The summed E-state index contributed by atoms with van der Waals surface area (Å²) in [4.78, 5) is 6.19. The molecule has 7 nitrogen and oxygen atoms in total.